The lowest BCUT2D eigenvalue weighted by molar-refractivity contribution is -0.140. The molecule has 1 aliphatic heterocycles. The first-order valence-electron chi connectivity index (χ1n) is 6.73. The van der Waals surface area contributed by atoms with E-state index in [1.807, 2.05) is 0 Å². The van der Waals surface area contributed by atoms with Crippen LogP contribution in [0.15, 0.2) is 24.3 Å². The van der Waals surface area contributed by atoms with E-state index in [4.69, 9.17) is 9.84 Å². The Labute approximate surface area is 122 Å². The van der Waals surface area contributed by atoms with E-state index in [9.17, 15) is 14.4 Å². The minimum Gasteiger partial charge on any atom is -0.491 e. The second kappa shape index (κ2) is 5.95. The number of imide groups is 1. The molecule has 21 heavy (non-hydrogen) atoms. The molecule has 2 rings (SSSR count). The number of benzene rings is 1. The third kappa shape index (κ3) is 2.89. The summed E-state index contributed by atoms with van der Waals surface area (Å²) in [6.45, 7) is 3.65. The van der Waals surface area contributed by atoms with Gasteiger partial charge in [0.15, 0.2) is 0 Å². The monoisotopic (exact) mass is 291 g/mol. The Hall–Kier alpha value is -2.37. The molecule has 2 amide bonds. The van der Waals surface area contributed by atoms with Gasteiger partial charge < -0.3 is 9.84 Å². The molecule has 0 bridgehead atoms. The molecule has 2 unspecified atom stereocenters. The minimum absolute atomic E-state index is 0.0540. The van der Waals surface area contributed by atoms with Crippen molar-refractivity contribution in [1.82, 2.24) is 4.90 Å². The highest BCUT2D eigenvalue weighted by molar-refractivity contribution is 6.04. The van der Waals surface area contributed by atoms with E-state index in [1.54, 1.807) is 32.0 Å². The zero-order valence-electron chi connectivity index (χ0n) is 11.9. The predicted molar refractivity (Wildman–Crippen MR) is 73.9 cm³/mol. The van der Waals surface area contributed by atoms with E-state index in [1.165, 1.54) is 11.0 Å². The number of nitrogens with zero attached hydrogens (tertiary/aromatic N) is 1. The van der Waals surface area contributed by atoms with E-state index < -0.39 is 5.97 Å². The van der Waals surface area contributed by atoms with E-state index >= 15 is 0 Å². The molecule has 1 saturated heterocycles. The molecule has 6 nitrogen and oxygen atoms in total. The second-order valence-corrected chi connectivity index (χ2v) is 5.06. The molecule has 0 spiro atoms. The number of hydrogen-bond acceptors (Lipinski definition) is 4. The maximum Gasteiger partial charge on any atom is 0.339 e. The molecule has 112 valence electrons. The number of para-hydroxylation sites is 1. The zero-order valence-corrected chi connectivity index (χ0v) is 11.9. The van der Waals surface area contributed by atoms with Crippen molar-refractivity contribution in [3.63, 3.8) is 0 Å². The van der Waals surface area contributed by atoms with Crippen molar-refractivity contribution in [3.8, 4) is 5.75 Å². The van der Waals surface area contributed by atoms with E-state index in [0.29, 0.717) is 0 Å². The van der Waals surface area contributed by atoms with Crippen LogP contribution < -0.4 is 4.74 Å². The number of likely N-dealkylation sites (tertiary alicyclic amines) is 1. The molecule has 6 heteroatoms. The molecule has 1 N–H and O–H groups in total. The number of carboxylic acids is 1. The molecular formula is C15H17NO5. The molecule has 0 aliphatic carbocycles. The summed E-state index contributed by atoms with van der Waals surface area (Å²) >= 11 is 0. The quantitative estimate of drug-likeness (QED) is 0.829. The SMILES string of the molecule is CC1C(=O)N(CCOc2ccccc2C(=O)O)C(=O)C1C. The van der Waals surface area contributed by atoms with Gasteiger partial charge in [-0.15, -0.1) is 0 Å². The number of ether oxygens (including phenoxy) is 1. The summed E-state index contributed by atoms with van der Waals surface area (Å²) in [7, 11) is 0. The van der Waals surface area contributed by atoms with Crippen LogP contribution in [0.3, 0.4) is 0 Å². The third-order valence-corrected chi connectivity index (χ3v) is 3.75. The number of carbonyl (C=O) groups is 3. The standard InChI is InChI=1S/C15H17NO5/c1-9-10(2)14(18)16(13(9)17)7-8-21-12-6-4-3-5-11(12)15(19)20/h3-6,9-10H,7-8H2,1-2H3,(H,19,20). The highest BCUT2D eigenvalue weighted by atomic mass is 16.5. The topological polar surface area (TPSA) is 83.9 Å². The van der Waals surface area contributed by atoms with Gasteiger partial charge in [0.25, 0.3) is 0 Å². The molecular weight excluding hydrogens is 274 g/mol. The normalized spacial score (nSPS) is 21.7. The summed E-state index contributed by atoms with van der Waals surface area (Å²) in [5.74, 6) is -1.90. The Kier molecular flexibility index (Phi) is 4.26. The van der Waals surface area contributed by atoms with Gasteiger partial charge in [-0.25, -0.2) is 4.79 Å². The lowest BCUT2D eigenvalue weighted by Crippen LogP contribution is -2.34. The van der Waals surface area contributed by atoms with Gasteiger partial charge in [-0.3, -0.25) is 14.5 Å². The van der Waals surface area contributed by atoms with Gasteiger partial charge in [0.05, 0.1) is 6.54 Å². The van der Waals surface area contributed by atoms with Crippen molar-refractivity contribution < 1.29 is 24.2 Å². The Morgan fingerprint density at radius 2 is 1.76 bits per heavy atom. The molecule has 1 heterocycles. The number of amides is 2. The highest BCUT2D eigenvalue weighted by Gasteiger charge is 2.41. The fourth-order valence-electron chi connectivity index (χ4n) is 2.26. The second-order valence-electron chi connectivity index (χ2n) is 5.06. The largest absolute Gasteiger partial charge is 0.491 e. The van der Waals surface area contributed by atoms with Crippen LogP contribution >= 0.6 is 0 Å². The van der Waals surface area contributed by atoms with Gasteiger partial charge >= 0.3 is 5.97 Å². The first-order valence-corrected chi connectivity index (χ1v) is 6.73. The van der Waals surface area contributed by atoms with Crippen LogP contribution in [0.4, 0.5) is 0 Å². The molecule has 0 radical (unpaired) electrons. The van der Waals surface area contributed by atoms with Crippen LogP contribution in [0.2, 0.25) is 0 Å². The van der Waals surface area contributed by atoms with Crippen molar-refractivity contribution in [2.24, 2.45) is 11.8 Å². The molecule has 1 aliphatic rings. The van der Waals surface area contributed by atoms with Crippen molar-refractivity contribution in [2.45, 2.75) is 13.8 Å². The summed E-state index contributed by atoms with van der Waals surface area (Å²) in [5, 5.41) is 9.03. The van der Waals surface area contributed by atoms with Gasteiger partial charge in [0.2, 0.25) is 11.8 Å². The predicted octanol–water partition coefficient (Wildman–Crippen LogP) is 1.40. The van der Waals surface area contributed by atoms with Crippen LogP contribution in [0.5, 0.6) is 5.75 Å². The molecule has 1 fully saturated rings. The summed E-state index contributed by atoms with van der Waals surface area (Å²) < 4.78 is 5.40. The Bertz CT molecular complexity index is 563. The average Bonchev–Trinajstić information content (AvgIpc) is 2.65. The first-order chi connectivity index (χ1) is 9.93. The Morgan fingerprint density at radius 3 is 2.33 bits per heavy atom. The summed E-state index contributed by atoms with van der Waals surface area (Å²) in [5.41, 5.74) is 0.0540. The van der Waals surface area contributed by atoms with Crippen LogP contribution in [0.1, 0.15) is 24.2 Å². The Balaban J connectivity index is 1.98. The summed E-state index contributed by atoms with van der Waals surface area (Å²) in [4.78, 5) is 36.0. The lowest BCUT2D eigenvalue weighted by Gasteiger charge is -2.15. The van der Waals surface area contributed by atoms with Crippen LogP contribution in [0.25, 0.3) is 0 Å². The van der Waals surface area contributed by atoms with Gasteiger partial charge in [0.1, 0.15) is 17.9 Å². The number of rotatable bonds is 5. The van der Waals surface area contributed by atoms with E-state index in [0.717, 1.165) is 0 Å². The highest BCUT2D eigenvalue weighted by Crippen LogP contribution is 2.25. The smallest absolute Gasteiger partial charge is 0.339 e. The van der Waals surface area contributed by atoms with Crippen LogP contribution in [0, 0.1) is 11.8 Å². The minimum atomic E-state index is -1.08. The molecule has 1 aromatic rings. The zero-order chi connectivity index (χ0) is 15.6. The van der Waals surface area contributed by atoms with E-state index in [2.05, 4.69) is 0 Å². The summed E-state index contributed by atoms with van der Waals surface area (Å²) in [6.07, 6.45) is 0. The fraction of sp³-hybridized carbons (Fsp3) is 0.400. The number of carbonyl (C=O) groups excluding carboxylic acids is 2. The molecule has 1 aromatic carbocycles. The number of carboxylic acid groups (broad SMARTS) is 1. The van der Waals surface area contributed by atoms with E-state index in [-0.39, 0.29) is 48.1 Å². The van der Waals surface area contributed by atoms with Crippen molar-refractivity contribution in [2.75, 3.05) is 13.2 Å². The van der Waals surface area contributed by atoms with Crippen molar-refractivity contribution in [1.29, 1.82) is 0 Å². The van der Waals surface area contributed by atoms with Crippen LogP contribution in [-0.4, -0.2) is 40.9 Å². The average molecular weight is 291 g/mol. The van der Waals surface area contributed by atoms with Crippen molar-refractivity contribution in [3.05, 3.63) is 29.8 Å². The number of aromatic carboxylic acids is 1. The summed E-state index contributed by atoms with van der Waals surface area (Å²) in [6, 6.07) is 6.25. The molecule has 2 atom stereocenters. The van der Waals surface area contributed by atoms with Crippen molar-refractivity contribution >= 4 is 17.8 Å². The van der Waals surface area contributed by atoms with Gasteiger partial charge in [-0.05, 0) is 12.1 Å². The first kappa shape index (κ1) is 15.0. The van der Waals surface area contributed by atoms with Gasteiger partial charge in [0, 0.05) is 11.8 Å². The third-order valence-electron chi connectivity index (χ3n) is 3.75. The molecule has 0 saturated carbocycles. The van der Waals surface area contributed by atoms with Gasteiger partial charge in [-0.2, -0.15) is 0 Å². The van der Waals surface area contributed by atoms with Crippen LogP contribution in [-0.2, 0) is 9.59 Å². The fourth-order valence-corrected chi connectivity index (χ4v) is 2.26. The lowest BCUT2D eigenvalue weighted by atomic mass is 10.00. The maximum absolute atomic E-state index is 11.9. The Morgan fingerprint density at radius 1 is 1.19 bits per heavy atom. The molecule has 0 aromatic heterocycles. The maximum atomic E-state index is 11.9. The van der Waals surface area contributed by atoms with Gasteiger partial charge in [-0.1, -0.05) is 26.0 Å². The number of hydrogen-bond donors (Lipinski definition) is 1.